The maximum Gasteiger partial charge on any atom is 0.370 e. The Hall–Kier alpha value is -2.22. The number of alkyl halides is 2. The van der Waals surface area contributed by atoms with E-state index in [1.807, 2.05) is 0 Å². The molecule has 1 N–H and O–H groups in total. The minimum absolute atomic E-state index is 0.0146. The van der Waals surface area contributed by atoms with Crippen molar-refractivity contribution in [3.8, 4) is 0 Å². The average molecular weight is 544 g/mol. The third-order valence-electron chi connectivity index (χ3n) is 8.06. The summed E-state index contributed by atoms with van der Waals surface area (Å²) < 4.78 is 57.4. The topological polar surface area (TPSA) is 54.4 Å². The van der Waals surface area contributed by atoms with Crippen molar-refractivity contribution in [3.05, 3.63) is 91.0 Å². The van der Waals surface area contributed by atoms with E-state index in [0.29, 0.717) is 37.0 Å². The van der Waals surface area contributed by atoms with Crippen LogP contribution in [0.2, 0.25) is 0 Å². The van der Waals surface area contributed by atoms with Crippen molar-refractivity contribution in [2.24, 2.45) is 23.2 Å². The highest BCUT2D eigenvalue weighted by molar-refractivity contribution is 7.97. The monoisotopic (exact) mass is 543 g/mol. The molecule has 3 nitrogen and oxygen atoms in total. The van der Waals surface area contributed by atoms with Gasteiger partial charge < -0.3 is 0 Å². The average Bonchev–Trinajstić information content (AvgIpc) is 2.84. The molecule has 0 heterocycles. The Morgan fingerprint density at radius 2 is 1.03 bits per heavy atom. The number of rotatable bonds is 6. The van der Waals surface area contributed by atoms with Crippen LogP contribution in [0.25, 0.3) is 0 Å². The number of hydrogen-bond donors (Lipinski definition) is 1. The smallest absolute Gasteiger partial charge is 0.281 e. The fraction of sp³-hybridized carbons (Fsp3) is 0.400. The predicted octanol–water partition coefficient (Wildman–Crippen LogP) is 7.86. The van der Waals surface area contributed by atoms with Gasteiger partial charge in [0.05, 0.1) is 10.9 Å². The molecular formula is C30H33F2O3S2+. The van der Waals surface area contributed by atoms with Crippen molar-refractivity contribution in [1.82, 2.24) is 0 Å². The molecule has 4 saturated carbocycles. The molecule has 4 fully saturated rings. The Morgan fingerprint density at radius 3 is 1.32 bits per heavy atom. The molecule has 4 aliphatic carbocycles. The molecule has 0 radical (unpaired) electrons. The van der Waals surface area contributed by atoms with Crippen molar-refractivity contribution >= 4 is 21.0 Å². The SMILES string of the molecule is O=S(=O)(O)C(F)(F)CC12CC3CC(CC(C3)C1)C2.c1ccc([S+](c2ccccc2)c2ccccc2)cc1. The van der Waals surface area contributed by atoms with Crippen LogP contribution in [0.3, 0.4) is 0 Å². The van der Waals surface area contributed by atoms with Crippen LogP contribution in [0.15, 0.2) is 106 Å². The molecule has 3 aromatic rings. The van der Waals surface area contributed by atoms with Gasteiger partial charge in [-0.1, -0.05) is 54.6 Å². The molecule has 196 valence electrons. The number of halogens is 2. The summed E-state index contributed by atoms with van der Waals surface area (Å²) in [5, 5.41) is -3.99. The first-order valence-corrected chi connectivity index (χ1v) is 15.5. The highest BCUT2D eigenvalue weighted by Crippen LogP contribution is 2.63. The zero-order valence-electron chi connectivity index (χ0n) is 20.7. The van der Waals surface area contributed by atoms with Crippen LogP contribution in [0.1, 0.15) is 44.9 Å². The van der Waals surface area contributed by atoms with Crippen LogP contribution >= 0.6 is 0 Å². The lowest BCUT2D eigenvalue weighted by Crippen LogP contribution is -2.49. The van der Waals surface area contributed by atoms with E-state index in [0.717, 1.165) is 19.3 Å². The van der Waals surface area contributed by atoms with Crippen LogP contribution in [0.5, 0.6) is 0 Å². The van der Waals surface area contributed by atoms with E-state index in [9.17, 15) is 17.2 Å². The molecule has 0 spiro atoms. The zero-order chi connectivity index (χ0) is 26.1. The Balaban J connectivity index is 0.000000152. The van der Waals surface area contributed by atoms with Crippen LogP contribution in [0, 0.1) is 23.2 Å². The molecule has 7 rings (SSSR count). The van der Waals surface area contributed by atoms with Gasteiger partial charge in [0, 0.05) is 6.42 Å². The molecule has 0 atom stereocenters. The lowest BCUT2D eigenvalue weighted by molar-refractivity contribution is -0.0933. The van der Waals surface area contributed by atoms with Gasteiger partial charge in [-0.2, -0.15) is 17.2 Å². The largest absolute Gasteiger partial charge is 0.370 e. The second-order valence-corrected chi connectivity index (χ2v) is 14.5. The lowest BCUT2D eigenvalue weighted by atomic mass is 9.49. The first kappa shape index (κ1) is 26.4. The van der Waals surface area contributed by atoms with E-state index < -0.39 is 27.2 Å². The third-order valence-corrected chi connectivity index (χ3v) is 11.2. The fourth-order valence-electron chi connectivity index (χ4n) is 7.11. The molecule has 0 aromatic heterocycles. The van der Waals surface area contributed by atoms with Gasteiger partial charge in [-0.25, -0.2) is 0 Å². The third kappa shape index (κ3) is 5.94. The molecule has 0 unspecified atom stereocenters. The number of hydrogen-bond acceptors (Lipinski definition) is 2. The number of benzene rings is 3. The minimum Gasteiger partial charge on any atom is -0.281 e. The first-order valence-electron chi connectivity index (χ1n) is 12.9. The molecular weight excluding hydrogens is 510 g/mol. The Labute approximate surface area is 221 Å². The Kier molecular flexibility index (Phi) is 7.49. The fourth-order valence-corrected chi connectivity index (χ4v) is 9.71. The summed E-state index contributed by atoms with van der Waals surface area (Å²) >= 11 is 0. The van der Waals surface area contributed by atoms with E-state index in [1.54, 1.807) is 0 Å². The molecule has 4 bridgehead atoms. The Morgan fingerprint density at radius 1 is 0.703 bits per heavy atom. The molecule has 0 amide bonds. The summed E-state index contributed by atoms with van der Waals surface area (Å²) in [4.78, 5) is 4.08. The van der Waals surface area contributed by atoms with E-state index in [1.165, 1.54) is 14.7 Å². The molecule has 3 aromatic carbocycles. The Bertz CT molecular complexity index is 1150. The van der Waals surface area contributed by atoms with Gasteiger partial charge in [0.15, 0.2) is 14.7 Å². The summed E-state index contributed by atoms with van der Waals surface area (Å²) in [7, 11) is -5.29. The standard InChI is InChI=1S/C18H15S.C12H18F2O3S/c1-4-10-16(11-5-1)19(17-12-6-2-7-13-17)18-14-8-3-9-15-18;13-12(14,18(15,16)17)7-11-4-8-1-9(5-11)3-10(2-8)6-11/h1-15H;8-10H,1-7H2,(H,15,16,17)/q+1;. The summed E-state index contributed by atoms with van der Waals surface area (Å²) in [6, 6.07) is 32.2. The van der Waals surface area contributed by atoms with Gasteiger partial charge in [0.25, 0.3) is 0 Å². The van der Waals surface area contributed by atoms with Crippen LogP contribution in [-0.2, 0) is 21.0 Å². The van der Waals surface area contributed by atoms with Crippen molar-refractivity contribution in [2.75, 3.05) is 0 Å². The molecule has 4 aliphatic rings. The second kappa shape index (κ2) is 10.5. The van der Waals surface area contributed by atoms with Gasteiger partial charge in [-0.15, -0.1) is 0 Å². The van der Waals surface area contributed by atoms with E-state index >= 15 is 0 Å². The van der Waals surface area contributed by atoms with Gasteiger partial charge in [-0.3, -0.25) is 4.55 Å². The van der Waals surface area contributed by atoms with Gasteiger partial charge >= 0.3 is 15.4 Å². The van der Waals surface area contributed by atoms with Crippen LogP contribution in [-0.4, -0.2) is 18.2 Å². The van der Waals surface area contributed by atoms with Crippen LogP contribution in [0.4, 0.5) is 8.78 Å². The molecule has 37 heavy (non-hydrogen) atoms. The molecule has 7 heteroatoms. The first-order chi connectivity index (χ1) is 17.6. The highest BCUT2D eigenvalue weighted by Gasteiger charge is 2.57. The summed E-state index contributed by atoms with van der Waals surface area (Å²) in [6.07, 6.45) is 4.81. The van der Waals surface area contributed by atoms with E-state index in [2.05, 4.69) is 91.0 Å². The second-order valence-electron chi connectivity index (χ2n) is 11.0. The summed E-state index contributed by atoms with van der Waals surface area (Å²) in [6.45, 7) is 0. The van der Waals surface area contributed by atoms with E-state index in [4.69, 9.17) is 4.55 Å². The van der Waals surface area contributed by atoms with Crippen molar-refractivity contribution < 1.29 is 21.8 Å². The maximum atomic E-state index is 13.6. The van der Waals surface area contributed by atoms with Gasteiger partial charge in [0.2, 0.25) is 0 Å². The maximum absolute atomic E-state index is 13.6. The molecule has 0 aliphatic heterocycles. The quantitative estimate of drug-likeness (QED) is 0.254. The van der Waals surface area contributed by atoms with Crippen LogP contribution < -0.4 is 0 Å². The predicted molar refractivity (Wildman–Crippen MR) is 143 cm³/mol. The molecule has 0 saturated heterocycles. The highest BCUT2D eigenvalue weighted by atomic mass is 32.2. The van der Waals surface area contributed by atoms with Crippen molar-refractivity contribution in [1.29, 1.82) is 0 Å². The zero-order valence-corrected chi connectivity index (χ0v) is 22.3. The normalized spacial score (nSPS) is 26.5. The van der Waals surface area contributed by atoms with Gasteiger partial charge in [-0.05, 0) is 98.1 Å². The summed E-state index contributed by atoms with van der Waals surface area (Å²) in [5.41, 5.74) is -0.548. The van der Waals surface area contributed by atoms with Gasteiger partial charge in [0.1, 0.15) is 0 Å². The van der Waals surface area contributed by atoms with Crippen molar-refractivity contribution in [2.45, 2.75) is 64.9 Å². The lowest BCUT2D eigenvalue weighted by Gasteiger charge is -2.57. The summed E-state index contributed by atoms with van der Waals surface area (Å²) in [5.74, 6) is 1.48. The van der Waals surface area contributed by atoms with Crippen molar-refractivity contribution in [3.63, 3.8) is 0 Å². The minimum atomic E-state index is -5.28. The van der Waals surface area contributed by atoms with E-state index in [-0.39, 0.29) is 10.9 Å².